The van der Waals surface area contributed by atoms with Gasteiger partial charge in [-0.1, -0.05) is 57.5 Å². The second-order valence-corrected chi connectivity index (χ2v) is 8.12. The van der Waals surface area contributed by atoms with Crippen molar-refractivity contribution in [1.29, 1.82) is 0 Å². The van der Waals surface area contributed by atoms with E-state index in [1.807, 2.05) is 0 Å². The molecule has 0 amide bonds. The van der Waals surface area contributed by atoms with Crippen LogP contribution < -0.4 is 0 Å². The summed E-state index contributed by atoms with van der Waals surface area (Å²) < 4.78 is 0. The lowest BCUT2D eigenvalue weighted by molar-refractivity contribution is -0.123. The van der Waals surface area contributed by atoms with E-state index in [1.54, 1.807) is 0 Å². The van der Waals surface area contributed by atoms with Crippen LogP contribution >= 0.6 is 0 Å². The summed E-state index contributed by atoms with van der Waals surface area (Å²) in [6.45, 7) is 9.13. The van der Waals surface area contributed by atoms with E-state index < -0.39 is 0 Å². The normalized spacial score (nSPS) is 18.9. The Morgan fingerprint density at radius 3 is 2.67 bits per heavy atom. The summed E-state index contributed by atoms with van der Waals surface area (Å²) in [6, 6.07) is 10.8. The van der Waals surface area contributed by atoms with Gasteiger partial charge in [0.25, 0.3) is 0 Å². The van der Waals surface area contributed by atoms with Crippen molar-refractivity contribution in [2.75, 3.05) is 13.1 Å². The number of likely N-dealkylation sites (tertiary alicyclic amines) is 1. The van der Waals surface area contributed by atoms with E-state index >= 15 is 0 Å². The number of hydrogen-bond donors (Lipinski definition) is 0. The van der Waals surface area contributed by atoms with Crippen molar-refractivity contribution in [3.8, 4) is 0 Å². The number of Topliss-reactive ketones (excluding diaryl/α,β-unsaturated/α-hetero) is 1. The fraction of sp³-hybridized carbons (Fsp3) is 0.682. The van der Waals surface area contributed by atoms with Crippen LogP contribution in [0.25, 0.3) is 0 Å². The number of carbonyl (C=O) groups excluding carboxylic acids is 1. The highest BCUT2D eigenvalue weighted by molar-refractivity contribution is 5.84. The molecule has 24 heavy (non-hydrogen) atoms. The Hall–Kier alpha value is -1.15. The molecule has 0 radical (unpaired) electrons. The molecule has 1 fully saturated rings. The van der Waals surface area contributed by atoms with Gasteiger partial charge in [0, 0.05) is 6.42 Å². The number of nitrogens with zero attached hydrogens (tertiary/aromatic N) is 1. The van der Waals surface area contributed by atoms with Gasteiger partial charge >= 0.3 is 0 Å². The zero-order valence-electron chi connectivity index (χ0n) is 15.9. The first-order valence-electron chi connectivity index (χ1n) is 9.82. The van der Waals surface area contributed by atoms with E-state index in [1.165, 1.54) is 24.8 Å². The summed E-state index contributed by atoms with van der Waals surface area (Å²) in [5, 5.41) is 0. The molecule has 0 saturated carbocycles. The molecule has 0 aliphatic carbocycles. The molecule has 0 spiro atoms. The summed E-state index contributed by atoms with van der Waals surface area (Å²) in [5.41, 5.74) is 1.78. The van der Waals surface area contributed by atoms with E-state index in [-0.39, 0.29) is 6.04 Å². The summed E-state index contributed by atoms with van der Waals surface area (Å²) in [6.07, 6.45) is 8.65. The Morgan fingerprint density at radius 2 is 1.96 bits per heavy atom. The average Bonchev–Trinajstić information content (AvgIpc) is 3.06. The Balaban J connectivity index is 1.70. The second-order valence-electron chi connectivity index (χ2n) is 8.12. The monoisotopic (exact) mass is 329 g/mol. The fourth-order valence-corrected chi connectivity index (χ4v) is 3.52. The van der Waals surface area contributed by atoms with E-state index in [9.17, 15) is 4.79 Å². The minimum Gasteiger partial charge on any atom is -0.298 e. The van der Waals surface area contributed by atoms with Crippen molar-refractivity contribution in [3.05, 3.63) is 35.9 Å². The van der Waals surface area contributed by atoms with Gasteiger partial charge in [0.05, 0.1) is 6.04 Å². The molecule has 134 valence electrons. The number of carbonyl (C=O) groups is 1. The average molecular weight is 330 g/mol. The number of ketones is 1. The van der Waals surface area contributed by atoms with Crippen molar-refractivity contribution >= 4 is 5.78 Å². The zero-order chi connectivity index (χ0) is 17.4. The number of hydrogen-bond acceptors (Lipinski definition) is 2. The van der Waals surface area contributed by atoms with E-state index in [0.29, 0.717) is 11.2 Å². The number of aryl methyl sites for hydroxylation is 1. The largest absolute Gasteiger partial charge is 0.298 e. The SMILES string of the molecule is CCC(C)(C)CCN1CCC[C@H]1C(=O)CCCCc1ccccc1. The molecule has 1 aliphatic heterocycles. The molecule has 2 rings (SSSR count). The van der Waals surface area contributed by atoms with Gasteiger partial charge in [0.2, 0.25) is 0 Å². The highest BCUT2D eigenvalue weighted by atomic mass is 16.1. The Morgan fingerprint density at radius 1 is 1.21 bits per heavy atom. The zero-order valence-corrected chi connectivity index (χ0v) is 15.9. The number of rotatable bonds is 10. The minimum absolute atomic E-state index is 0.203. The maximum Gasteiger partial charge on any atom is 0.149 e. The van der Waals surface area contributed by atoms with Crippen LogP contribution in [0.2, 0.25) is 0 Å². The van der Waals surface area contributed by atoms with Gasteiger partial charge in [-0.3, -0.25) is 9.69 Å². The van der Waals surface area contributed by atoms with Crippen molar-refractivity contribution < 1.29 is 4.79 Å². The first kappa shape index (κ1) is 19.2. The highest BCUT2D eigenvalue weighted by Crippen LogP contribution is 2.27. The second kappa shape index (κ2) is 9.36. The topological polar surface area (TPSA) is 20.3 Å². The standard InChI is InChI=1S/C22H35NO/c1-4-22(2,3)16-18-23-17-10-14-20(23)21(24)15-9-8-13-19-11-6-5-7-12-19/h5-7,11-12,20H,4,8-10,13-18H2,1-3H3/t20-/m0/s1. The van der Waals surface area contributed by atoms with Crippen LogP contribution in [0.5, 0.6) is 0 Å². The van der Waals surface area contributed by atoms with Gasteiger partial charge in [-0.2, -0.15) is 0 Å². The van der Waals surface area contributed by atoms with E-state index in [4.69, 9.17) is 0 Å². The lowest BCUT2D eigenvalue weighted by atomic mass is 9.86. The van der Waals surface area contributed by atoms with Crippen LogP contribution in [-0.2, 0) is 11.2 Å². The predicted octanol–water partition coefficient (Wildman–Crippen LogP) is 5.26. The molecule has 1 aliphatic rings. The van der Waals surface area contributed by atoms with Gasteiger partial charge in [-0.15, -0.1) is 0 Å². The Kier molecular flexibility index (Phi) is 7.48. The van der Waals surface area contributed by atoms with Crippen LogP contribution in [0.4, 0.5) is 0 Å². The molecule has 1 aromatic carbocycles. The maximum absolute atomic E-state index is 12.6. The molecule has 0 N–H and O–H groups in total. The van der Waals surface area contributed by atoms with Crippen molar-refractivity contribution in [2.45, 2.75) is 78.2 Å². The molecule has 1 saturated heterocycles. The van der Waals surface area contributed by atoms with Gasteiger partial charge in [-0.05, 0) is 62.6 Å². The Bertz CT molecular complexity index is 494. The van der Waals surface area contributed by atoms with Crippen molar-refractivity contribution in [2.24, 2.45) is 5.41 Å². The van der Waals surface area contributed by atoms with Crippen LogP contribution in [0, 0.1) is 5.41 Å². The lowest BCUT2D eigenvalue weighted by Gasteiger charge is -2.29. The molecule has 0 unspecified atom stereocenters. The molecular weight excluding hydrogens is 294 g/mol. The number of benzene rings is 1. The van der Waals surface area contributed by atoms with Gasteiger partial charge in [0.15, 0.2) is 0 Å². The smallest absolute Gasteiger partial charge is 0.149 e. The van der Waals surface area contributed by atoms with E-state index in [0.717, 1.165) is 45.2 Å². The first-order chi connectivity index (χ1) is 11.5. The summed E-state index contributed by atoms with van der Waals surface area (Å²) in [4.78, 5) is 15.1. The van der Waals surface area contributed by atoms with Crippen LogP contribution in [0.3, 0.4) is 0 Å². The molecule has 1 atom stereocenters. The molecule has 0 bridgehead atoms. The Labute approximate surface area is 148 Å². The van der Waals surface area contributed by atoms with Crippen LogP contribution in [0.1, 0.15) is 71.3 Å². The number of unbranched alkanes of at least 4 members (excludes halogenated alkanes) is 1. The van der Waals surface area contributed by atoms with Gasteiger partial charge < -0.3 is 0 Å². The molecule has 1 aromatic rings. The van der Waals surface area contributed by atoms with Crippen LogP contribution in [-0.4, -0.2) is 29.8 Å². The lowest BCUT2D eigenvalue weighted by Crippen LogP contribution is -2.38. The molecule has 2 nitrogen and oxygen atoms in total. The quantitative estimate of drug-likeness (QED) is 0.546. The minimum atomic E-state index is 0.203. The molecule has 2 heteroatoms. The summed E-state index contributed by atoms with van der Waals surface area (Å²) in [5.74, 6) is 0.481. The maximum atomic E-state index is 12.6. The third-order valence-corrected chi connectivity index (χ3v) is 5.75. The van der Waals surface area contributed by atoms with Gasteiger partial charge in [-0.25, -0.2) is 0 Å². The van der Waals surface area contributed by atoms with E-state index in [2.05, 4.69) is 56.0 Å². The summed E-state index contributed by atoms with van der Waals surface area (Å²) in [7, 11) is 0. The predicted molar refractivity (Wildman–Crippen MR) is 102 cm³/mol. The molecular formula is C22H35NO. The highest BCUT2D eigenvalue weighted by Gasteiger charge is 2.30. The fourth-order valence-electron chi connectivity index (χ4n) is 3.52. The first-order valence-corrected chi connectivity index (χ1v) is 9.82. The summed E-state index contributed by atoms with van der Waals surface area (Å²) >= 11 is 0. The van der Waals surface area contributed by atoms with Crippen molar-refractivity contribution in [1.82, 2.24) is 4.90 Å². The van der Waals surface area contributed by atoms with Crippen molar-refractivity contribution in [3.63, 3.8) is 0 Å². The third-order valence-electron chi connectivity index (χ3n) is 5.75. The third kappa shape index (κ3) is 6.05. The molecule has 0 aromatic heterocycles. The van der Waals surface area contributed by atoms with Gasteiger partial charge in [0.1, 0.15) is 5.78 Å². The molecule has 1 heterocycles. The van der Waals surface area contributed by atoms with Crippen LogP contribution in [0.15, 0.2) is 30.3 Å².